The van der Waals surface area contributed by atoms with Gasteiger partial charge in [0.25, 0.3) is 0 Å². The minimum atomic E-state index is -0.941. The second-order valence-electron chi connectivity index (χ2n) is 3.29. The molecule has 0 aliphatic rings. The third-order valence-corrected chi connectivity index (χ3v) is 2.84. The highest BCUT2D eigenvalue weighted by molar-refractivity contribution is 7.14. The van der Waals surface area contributed by atoms with Gasteiger partial charge in [-0.1, -0.05) is 0 Å². The number of benzene rings is 1. The second-order valence-corrected chi connectivity index (χ2v) is 4.15. The van der Waals surface area contributed by atoms with Crippen LogP contribution < -0.4 is 5.32 Å². The number of anilines is 1. The Bertz CT molecular complexity index is 525. The lowest BCUT2D eigenvalue weighted by Gasteiger charge is -1.97. The van der Waals surface area contributed by atoms with E-state index in [-0.39, 0.29) is 12.4 Å². The molecule has 0 unspecified atom stereocenters. The molecule has 1 heterocycles. The molecule has 0 aliphatic carbocycles. The highest BCUT2D eigenvalue weighted by Gasteiger charge is 2.05. The smallest absolute Gasteiger partial charge is 0.322 e. The summed E-state index contributed by atoms with van der Waals surface area (Å²) in [5.41, 5.74) is 1.49. The number of carboxylic acids is 1. The molecule has 1 aromatic carbocycles. The van der Waals surface area contributed by atoms with Crippen molar-refractivity contribution in [3.05, 3.63) is 35.5 Å². The lowest BCUT2D eigenvalue weighted by atomic mass is 10.2. The Morgan fingerprint density at radius 3 is 2.76 bits per heavy atom. The number of aromatic nitrogens is 1. The summed E-state index contributed by atoms with van der Waals surface area (Å²) in [5.74, 6) is -1.24. The van der Waals surface area contributed by atoms with Gasteiger partial charge in [0.05, 0.1) is 5.69 Å². The number of aliphatic carboxylic acids is 1. The number of nitrogens with zero attached hydrogens (tertiary/aromatic N) is 1. The predicted octanol–water partition coefficient (Wildman–Crippen LogP) is 2.45. The minimum Gasteiger partial charge on any atom is -0.480 e. The first-order valence-corrected chi connectivity index (χ1v) is 5.70. The summed E-state index contributed by atoms with van der Waals surface area (Å²) in [6.07, 6.45) is 0. The Morgan fingerprint density at radius 1 is 1.41 bits per heavy atom. The molecule has 88 valence electrons. The number of nitrogens with one attached hydrogen (secondary N) is 1. The first-order valence-electron chi connectivity index (χ1n) is 4.82. The highest BCUT2D eigenvalue weighted by Crippen LogP contribution is 2.24. The first-order chi connectivity index (χ1) is 8.15. The maximum atomic E-state index is 12.7. The van der Waals surface area contributed by atoms with E-state index in [1.807, 2.05) is 0 Å². The first kappa shape index (κ1) is 11.5. The van der Waals surface area contributed by atoms with Crippen LogP contribution in [0.25, 0.3) is 11.3 Å². The Labute approximate surface area is 101 Å². The lowest BCUT2D eigenvalue weighted by molar-refractivity contribution is -0.134. The second kappa shape index (κ2) is 4.92. The Hall–Kier alpha value is -1.95. The van der Waals surface area contributed by atoms with Crippen LogP contribution in [0.15, 0.2) is 29.6 Å². The van der Waals surface area contributed by atoms with E-state index in [1.165, 1.54) is 23.5 Å². The molecule has 0 spiro atoms. The number of rotatable bonds is 4. The van der Waals surface area contributed by atoms with E-state index >= 15 is 0 Å². The number of halogens is 1. The summed E-state index contributed by atoms with van der Waals surface area (Å²) in [4.78, 5) is 14.6. The quantitative estimate of drug-likeness (QED) is 0.877. The Balaban J connectivity index is 2.12. The van der Waals surface area contributed by atoms with Gasteiger partial charge in [0, 0.05) is 10.9 Å². The molecule has 2 N–H and O–H groups in total. The van der Waals surface area contributed by atoms with Gasteiger partial charge in [0.15, 0.2) is 5.13 Å². The van der Waals surface area contributed by atoms with Crippen molar-refractivity contribution >= 4 is 22.4 Å². The molecule has 0 saturated heterocycles. The van der Waals surface area contributed by atoms with Crippen LogP contribution >= 0.6 is 11.3 Å². The summed E-state index contributed by atoms with van der Waals surface area (Å²) in [6, 6.07) is 5.98. The normalized spacial score (nSPS) is 10.2. The maximum absolute atomic E-state index is 12.7. The summed E-state index contributed by atoms with van der Waals surface area (Å²) >= 11 is 1.31. The van der Waals surface area contributed by atoms with E-state index in [4.69, 9.17) is 5.11 Å². The number of hydrogen-bond acceptors (Lipinski definition) is 4. The molecule has 0 atom stereocenters. The van der Waals surface area contributed by atoms with E-state index in [2.05, 4.69) is 10.3 Å². The number of thiazole rings is 1. The van der Waals surface area contributed by atoms with Crippen molar-refractivity contribution in [2.45, 2.75) is 0 Å². The molecule has 0 aliphatic heterocycles. The molecule has 17 heavy (non-hydrogen) atoms. The molecule has 1 aromatic heterocycles. The van der Waals surface area contributed by atoms with Crippen molar-refractivity contribution in [2.24, 2.45) is 0 Å². The third-order valence-electron chi connectivity index (χ3n) is 2.04. The van der Waals surface area contributed by atoms with Gasteiger partial charge in [-0.2, -0.15) is 0 Å². The fraction of sp³-hybridized carbons (Fsp3) is 0.0909. The van der Waals surface area contributed by atoms with Gasteiger partial charge in [-0.3, -0.25) is 4.79 Å². The molecule has 2 rings (SSSR count). The van der Waals surface area contributed by atoms with Crippen molar-refractivity contribution in [1.29, 1.82) is 0 Å². The SMILES string of the molecule is O=C(O)CNc1nc(-c2ccc(F)cc2)cs1. The maximum Gasteiger partial charge on any atom is 0.322 e. The van der Waals surface area contributed by atoms with Crippen molar-refractivity contribution in [1.82, 2.24) is 4.98 Å². The van der Waals surface area contributed by atoms with Gasteiger partial charge in [0.1, 0.15) is 12.4 Å². The molecule has 4 nitrogen and oxygen atoms in total. The zero-order valence-corrected chi connectivity index (χ0v) is 9.50. The Kier molecular flexibility index (Phi) is 3.34. The van der Waals surface area contributed by atoms with E-state index in [9.17, 15) is 9.18 Å². The summed E-state index contributed by atoms with van der Waals surface area (Å²) in [6.45, 7) is -0.170. The molecule has 0 amide bonds. The van der Waals surface area contributed by atoms with Crippen LogP contribution in [0.5, 0.6) is 0 Å². The topological polar surface area (TPSA) is 62.2 Å². The van der Waals surface area contributed by atoms with Crippen molar-refractivity contribution in [3.63, 3.8) is 0 Å². The van der Waals surface area contributed by atoms with Crippen LogP contribution in [0.4, 0.5) is 9.52 Å². The van der Waals surface area contributed by atoms with E-state index in [0.717, 1.165) is 5.56 Å². The molecule has 0 radical (unpaired) electrons. The standard InChI is InChI=1S/C11H9FN2O2S/c12-8-3-1-7(2-4-8)9-6-17-11(14-9)13-5-10(15)16/h1-4,6H,5H2,(H,13,14)(H,15,16). The highest BCUT2D eigenvalue weighted by atomic mass is 32.1. The molecule has 0 saturated carbocycles. The van der Waals surface area contributed by atoms with E-state index in [1.54, 1.807) is 17.5 Å². The Morgan fingerprint density at radius 2 is 2.12 bits per heavy atom. The molecular formula is C11H9FN2O2S. The van der Waals surface area contributed by atoms with Crippen LogP contribution in [0.3, 0.4) is 0 Å². The van der Waals surface area contributed by atoms with Gasteiger partial charge >= 0.3 is 5.97 Å². The van der Waals surface area contributed by atoms with Crippen LogP contribution in [0.1, 0.15) is 0 Å². The predicted molar refractivity (Wildman–Crippen MR) is 63.6 cm³/mol. The average Bonchev–Trinajstić information content (AvgIpc) is 2.76. The summed E-state index contributed by atoms with van der Waals surface area (Å²) in [7, 11) is 0. The van der Waals surface area contributed by atoms with Gasteiger partial charge in [-0.05, 0) is 24.3 Å². The molecule has 2 aromatic rings. The monoisotopic (exact) mass is 252 g/mol. The van der Waals surface area contributed by atoms with Crippen LogP contribution in [0.2, 0.25) is 0 Å². The number of carbonyl (C=O) groups is 1. The van der Waals surface area contributed by atoms with E-state index in [0.29, 0.717) is 10.8 Å². The lowest BCUT2D eigenvalue weighted by Crippen LogP contribution is -2.11. The van der Waals surface area contributed by atoms with Crippen molar-refractivity contribution < 1.29 is 14.3 Å². The van der Waals surface area contributed by atoms with Crippen molar-refractivity contribution in [3.8, 4) is 11.3 Å². The van der Waals surface area contributed by atoms with Gasteiger partial charge in [0.2, 0.25) is 0 Å². The van der Waals surface area contributed by atoms with Crippen LogP contribution in [-0.2, 0) is 4.79 Å². The fourth-order valence-electron chi connectivity index (χ4n) is 1.26. The van der Waals surface area contributed by atoms with Crippen molar-refractivity contribution in [2.75, 3.05) is 11.9 Å². The largest absolute Gasteiger partial charge is 0.480 e. The van der Waals surface area contributed by atoms with Crippen LogP contribution in [0, 0.1) is 5.82 Å². The van der Waals surface area contributed by atoms with Gasteiger partial charge in [-0.25, -0.2) is 9.37 Å². The average molecular weight is 252 g/mol. The molecule has 6 heteroatoms. The number of carboxylic acid groups (broad SMARTS) is 1. The fourth-order valence-corrected chi connectivity index (χ4v) is 1.98. The van der Waals surface area contributed by atoms with Gasteiger partial charge < -0.3 is 10.4 Å². The van der Waals surface area contributed by atoms with E-state index < -0.39 is 5.97 Å². The molecule has 0 bridgehead atoms. The third kappa shape index (κ3) is 3.01. The summed E-state index contributed by atoms with van der Waals surface area (Å²) < 4.78 is 12.7. The van der Waals surface area contributed by atoms with Crippen LogP contribution in [-0.4, -0.2) is 22.6 Å². The zero-order chi connectivity index (χ0) is 12.3. The molecule has 0 fully saturated rings. The molecular weight excluding hydrogens is 243 g/mol. The zero-order valence-electron chi connectivity index (χ0n) is 8.68. The summed E-state index contributed by atoms with van der Waals surface area (Å²) in [5, 5.41) is 13.5. The minimum absolute atomic E-state index is 0.170. The van der Waals surface area contributed by atoms with Gasteiger partial charge in [-0.15, -0.1) is 11.3 Å². The number of hydrogen-bond donors (Lipinski definition) is 2.